The minimum Gasteiger partial charge on any atom is -0.454 e. The topological polar surface area (TPSA) is 63.1 Å². The molecule has 2 heterocycles. The summed E-state index contributed by atoms with van der Waals surface area (Å²) in [5, 5.41) is 13.0. The molecule has 5 nitrogen and oxygen atoms in total. The lowest BCUT2D eigenvalue weighted by atomic mass is 10.0. The van der Waals surface area contributed by atoms with Gasteiger partial charge in [0.15, 0.2) is 11.5 Å². The Morgan fingerprint density at radius 3 is 2.68 bits per heavy atom. The first-order valence-corrected chi connectivity index (χ1v) is 5.42. The number of hydrogen-bond acceptors (Lipinski definition) is 5. The second-order valence-corrected chi connectivity index (χ2v) is 4.27. The summed E-state index contributed by atoms with van der Waals surface area (Å²) in [6.07, 6.45) is -5.45. The predicted octanol–water partition coefficient (Wildman–Crippen LogP) is 1.36. The van der Waals surface area contributed by atoms with Gasteiger partial charge in [0.05, 0.1) is 12.1 Å². The van der Waals surface area contributed by atoms with E-state index in [1.165, 1.54) is 6.07 Å². The van der Waals surface area contributed by atoms with Gasteiger partial charge in [-0.15, -0.1) is 0 Å². The number of nitrogens with zero attached hydrogens (tertiary/aromatic N) is 1. The average molecular weight is 274 g/mol. The van der Waals surface area contributed by atoms with Crippen LogP contribution in [0.4, 0.5) is 13.2 Å². The Hall–Kier alpha value is -1.96. The fourth-order valence-electron chi connectivity index (χ4n) is 1.89. The van der Waals surface area contributed by atoms with Gasteiger partial charge in [-0.3, -0.25) is 5.43 Å². The monoisotopic (exact) mass is 274 g/mol. The minimum atomic E-state index is -4.80. The smallest absolute Gasteiger partial charge is 0.438 e. The third kappa shape index (κ3) is 1.88. The van der Waals surface area contributed by atoms with Crippen LogP contribution in [-0.2, 0) is 0 Å². The standard InChI is InChI=1S/C11H9F3N2O3/c12-11(13,14)10(17)4-7(15-16-10)6-1-2-8-9(3-6)19-5-18-8/h1-3,16-17H,4-5H2/t10-/m0/s1. The van der Waals surface area contributed by atoms with E-state index >= 15 is 0 Å². The number of alkyl halides is 3. The number of aliphatic hydroxyl groups is 1. The van der Waals surface area contributed by atoms with Crippen LogP contribution in [-0.4, -0.2) is 29.5 Å². The highest BCUT2D eigenvalue weighted by molar-refractivity contribution is 6.02. The van der Waals surface area contributed by atoms with Gasteiger partial charge in [0.25, 0.3) is 5.72 Å². The third-order valence-corrected chi connectivity index (χ3v) is 2.97. The molecule has 2 N–H and O–H groups in total. The molecule has 8 heteroatoms. The average Bonchev–Trinajstić information content (AvgIpc) is 2.93. The molecule has 1 aromatic carbocycles. The van der Waals surface area contributed by atoms with Crippen LogP contribution in [0.5, 0.6) is 11.5 Å². The maximum atomic E-state index is 12.6. The highest BCUT2D eigenvalue weighted by atomic mass is 19.4. The Morgan fingerprint density at radius 2 is 2.00 bits per heavy atom. The molecular weight excluding hydrogens is 265 g/mol. The number of hydrogen-bond donors (Lipinski definition) is 2. The van der Waals surface area contributed by atoms with Gasteiger partial charge in [-0.05, 0) is 18.2 Å². The maximum Gasteiger partial charge on any atom is 0.438 e. The predicted molar refractivity (Wildman–Crippen MR) is 57.9 cm³/mol. The van der Waals surface area contributed by atoms with Gasteiger partial charge in [0.2, 0.25) is 6.79 Å². The number of halogens is 3. The first-order chi connectivity index (χ1) is 8.89. The molecule has 0 saturated heterocycles. The van der Waals surface area contributed by atoms with Crippen molar-refractivity contribution in [2.24, 2.45) is 5.10 Å². The Kier molecular flexibility index (Phi) is 2.40. The van der Waals surface area contributed by atoms with Gasteiger partial charge in [0, 0.05) is 5.56 Å². The van der Waals surface area contributed by atoms with E-state index < -0.39 is 18.3 Å². The van der Waals surface area contributed by atoms with Crippen molar-refractivity contribution in [3.63, 3.8) is 0 Å². The van der Waals surface area contributed by atoms with Gasteiger partial charge in [-0.2, -0.15) is 18.3 Å². The molecule has 0 spiro atoms. The zero-order chi connectivity index (χ0) is 13.7. The van der Waals surface area contributed by atoms with Gasteiger partial charge in [-0.1, -0.05) is 0 Å². The molecule has 0 saturated carbocycles. The van der Waals surface area contributed by atoms with Crippen LogP contribution >= 0.6 is 0 Å². The molecule has 3 rings (SSSR count). The van der Waals surface area contributed by atoms with E-state index in [2.05, 4.69) is 5.10 Å². The zero-order valence-electron chi connectivity index (χ0n) is 9.49. The van der Waals surface area contributed by atoms with Crippen LogP contribution < -0.4 is 14.9 Å². The highest BCUT2D eigenvalue weighted by Gasteiger charge is 2.57. The van der Waals surface area contributed by atoms with E-state index in [0.717, 1.165) is 0 Å². The lowest BCUT2D eigenvalue weighted by Crippen LogP contribution is -2.52. The van der Waals surface area contributed by atoms with E-state index in [1.807, 2.05) is 0 Å². The van der Waals surface area contributed by atoms with Crippen molar-refractivity contribution in [2.45, 2.75) is 18.3 Å². The summed E-state index contributed by atoms with van der Waals surface area (Å²) >= 11 is 0. The molecule has 2 aliphatic rings. The minimum absolute atomic E-state index is 0.0794. The number of ether oxygens (including phenoxy) is 2. The molecule has 0 aliphatic carbocycles. The van der Waals surface area contributed by atoms with E-state index in [1.54, 1.807) is 17.6 Å². The van der Waals surface area contributed by atoms with Crippen molar-refractivity contribution in [1.82, 2.24) is 5.43 Å². The van der Waals surface area contributed by atoms with Crippen LogP contribution in [0.3, 0.4) is 0 Å². The van der Waals surface area contributed by atoms with Crippen molar-refractivity contribution in [1.29, 1.82) is 0 Å². The molecule has 19 heavy (non-hydrogen) atoms. The first kappa shape index (κ1) is 12.1. The molecule has 102 valence electrons. The zero-order valence-corrected chi connectivity index (χ0v) is 9.49. The molecule has 1 aromatic rings. The maximum absolute atomic E-state index is 12.6. The summed E-state index contributed by atoms with van der Waals surface area (Å²) in [7, 11) is 0. The second-order valence-electron chi connectivity index (χ2n) is 4.27. The normalized spacial score (nSPS) is 25.2. The summed E-state index contributed by atoms with van der Waals surface area (Å²) in [5.74, 6) is 0.976. The highest BCUT2D eigenvalue weighted by Crippen LogP contribution is 2.37. The van der Waals surface area contributed by atoms with Crippen LogP contribution in [0.1, 0.15) is 12.0 Å². The molecular formula is C11H9F3N2O3. The molecule has 0 bridgehead atoms. The third-order valence-electron chi connectivity index (χ3n) is 2.97. The fraction of sp³-hybridized carbons (Fsp3) is 0.364. The van der Waals surface area contributed by atoms with E-state index in [9.17, 15) is 18.3 Å². The Balaban J connectivity index is 1.86. The number of nitrogens with one attached hydrogen (secondary N) is 1. The summed E-state index contributed by atoms with van der Waals surface area (Å²) in [4.78, 5) is 0. The van der Waals surface area contributed by atoms with E-state index in [0.29, 0.717) is 17.1 Å². The van der Waals surface area contributed by atoms with Crippen molar-refractivity contribution < 1.29 is 27.8 Å². The van der Waals surface area contributed by atoms with Crippen molar-refractivity contribution >= 4 is 5.71 Å². The summed E-state index contributed by atoms with van der Waals surface area (Å²) in [6.45, 7) is 0.0794. The SMILES string of the molecule is O[C@]1(C(F)(F)F)CC(c2ccc3c(c2)OCO3)=NN1. The summed E-state index contributed by atoms with van der Waals surface area (Å²) in [5.41, 5.74) is -0.729. The van der Waals surface area contributed by atoms with Crippen LogP contribution in [0.15, 0.2) is 23.3 Å². The molecule has 2 aliphatic heterocycles. The molecule has 0 fully saturated rings. The number of rotatable bonds is 1. The number of hydrazone groups is 1. The summed E-state index contributed by atoms with van der Waals surface area (Å²) in [6, 6.07) is 4.69. The van der Waals surface area contributed by atoms with E-state index in [4.69, 9.17) is 9.47 Å². The Morgan fingerprint density at radius 1 is 1.26 bits per heavy atom. The lowest BCUT2D eigenvalue weighted by molar-refractivity contribution is -0.266. The quantitative estimate of drug-likeness (QED) is 0.811. The second kappa shape index (κ2) is 3.77. The lowest BCUT2D eigenvalue weighted by Gasteiger charge is -2.24. The molecule has 0 radical (unpaired) electrons. The number of benzene rings is 1. The van der Waals surface area contributed by atoms with Crippen LogP contribution in [0.25, 0.3) is 0 Å². The van der Waals surface area contributed by atoms with Gasteiger partial charge in [-0.25, -0.2) is 0 Å². The van der Waals surface area contributed by atoms with Crippen molar-refractivity contribution in [3.8, 4) is 11.5 Å². The summed E-state index contributed by atoms with van der Waals surface area (Å²) < 4.78 is 48.1. The molecule has 0 unspecified atom stereocenters. The fourth-order valence-corrected chi connectivity index (χ4v) is 1.89. The van der Waals surface area contributed by atoms with E-state index in [-0.39, 0.29) is 12.5 Å². The largest absolute Gasteiger partial charge is 0.454 e. The number of fused-ring (bicyclic) bond motifs is 1. The molecule has 1 atom stereocenters. The van der Waals surface area contributed by atoms with Crippen LogP contribution in [0, 0.1) is 0 Å². The van der Waals surface area contributed by atoms with Gasteiger partial charge >= 0.3 is 6.18 Å². The molecule has 0 amide bonds. The Labute approximate surface area is 105 Å². The van der Waals surface area contributed by atoms with Crippen molar-refractivity contribution in [3.05, 3.63) is 23.8 Å². The molecule has 0 aromatic heterocycles. The van der Waals surface area contributed by atoms with Crippen LogP contribution in [0.2, 0.25) is 0 Å². The van der Waals surface area contributed by atoms with Gasteiger partial charge in [0.1, 0.15) is 0 Å². The Bertz CT molecular complexity index is 559. The first-order valence-electron chi connectivity index (χ1n) is 5.42. The van der Waals surface area contributed by atoms with Crippen molar-refractivity contribution in [2.75, 3.05) is 6.79 Å². The van der Waals surface area contributed by atoms with Gasteiger partial charge < -0.3 is 14.6 Å².